The highest BCUT2D eigenvalue weighted by atomic mass is 16.7. The lowest BCUT2D eigenvalue weighted by Crippen LogP contribution is -2.41. The molecule has 2 heterocycles. The van der Waals surface area contributed by atoms with Crippen LogP contribution in [0.15, 0.2) is 0 Å². The smallest absolute Gasteiger partial charge is 0.407 e. The number of amides is 2. The van der Waals surface area contributed by atoms with Crippen LogP contribution in [0.3, 0.4) is 0 Å². The van der Waals surface area contributed by atoms with Gasteiger partial charge in [0.2, 0.25) is 5.91 Å². The third-order valence-electron chi connectivity index (χ3n) is 2.93. The molecule has 7 heteroatoms. The average Bonchev–Trinajstić information content (AvgIpc) is 2.97. The summed E-state index contributed by atoms with van der Waals surface area (Å²) in [4.78, 5) is 24.2. The Labute approximate surface area is 99.0 Å². The Morgan fingerprint density at radius 2 is 2.12 bits per heavy atom. The van der Waals surface area contributed by atoms with E-state index < -0.39 is 11.9 Å². The molecule has 2 aliphatic rings. The fourth-order valence-corrected chi connectivity index (χ4v) is 2.03. The van der Waals surface area contributed by atoms with Crippen LogP contribution in [0.25, 0.3) is 0 Å². The summed E-state index contributed by atoms with van der Waals surface area (Å²) in [6.45, 7) is 2.09. The molecule has 0 aliphatic carbocycles. The lowest BCUT2D eigenvalue weighted by molar-refractivity contribution is -0.152. The first-order valence-corrected chi connectivity index (χ1v) is 5.53. The average molecular weight is 244 g/mol. The second-order valence-electron chi connectivity index (χ2n) is 4.02. The molecule has 0 unspecified atom stereocenters. The van der Waals surface area contributed by atoms with E-state index in [9.17, 15) is 9.59 Å². The number of likely N-dealkylation sites (tertiary alicyclic amines) is 1. The molecule has 0 aromatic carbocycles. The summed E-state index contributed by atoms with van der Waals surface area (Å²) in [5, 5.41) is 2.35. The molecule has 2 saturated heterocycles. The number of carbonyl (C=O) groups is 2. The van der Waals surface area contributed by atoms with Gasteiger partial charge in [-0.1, -0.05) is 0 Å². The molecule has 2 amide bonds. The molecule has 17 heavy (non-hydrogen) atoms. The van der Waals surface area contributed by atoms with E-state index >= 15 is 0 Å². The van der Waals surface area contributed by atoms with Crippen LogP contribution >= 0.6 is 0 Å². The van der Waals surface area contributed by atoms with Gasteiger partial charge in [-0.25, -0.2) is 4.79 Å². The second kappa shape index (κ2) is 4.89. The number of methoxy groups -OCH3 is 1. The van der Waals surface area contributed by atoms with Crippen molar-refractivity contribution in [2.45, 2.75) is 12.2 Å². The van der Waals surface area contributed by atoms with Gasteiger partial charge in [0, 0.05) is 13.0 Å². The van der Waals surface area contributed by atoms with Crippen molar-refractivity contribution in [1.29, 1.82) is 0 Å². The number of hydrogen-bond acceptors (Lipinski definition) is 5. The van der Waals surface area contributed by atoms with Crippen LogP contribution < -0.4 is 5.32 Å². The lowest BCUT2D eigenvalue weighted by atomic mass is 10.2. The third-order valence-corrected chi connectivity index (χ3v) is 2.93. The Morgan fingerprint density at radius 3 is 2.76 bits per heavy atom. The van der Waals surface area contributed by atoms with Gasteiger partial charge in [0.25, 0.3) is 0 Å². The molecular formula is C10H16N2O5. The molecule has 0 bridgehead atoms. The van der Waals surface area contributed by atoms with Gasteiger partial charge in [-0.05, 0) is 0 Å². The quantitative estimate of drug-likeness (QED) is 0.696. The standard InChI is InChI=1S/C10H16N2O5/c1-15-9(14)11-6-8(13)12-3-2-10(7-12)16-4-5-17-10/h2-7H2,1H3,(H,11,14). The van der Waals surface area contributed by atoms with Gasteiger partial charge in [0.1, 0.15) is 6.54 Å². The van der Waals surface area contributed by atoms with Gasteiger partial charge < -0.3 is 24.4 Å². The second-order valence-corrected chi connectivity index (χ2v) is 4.02. The third kappa shape index (κ3) is 2.67. The lowest BCUT2D eigenvalue weighted by Gasteiger charge is -2.22. The molecule has 7 nitrogen and oxygen atoms in total. The zero-order chi connectivity index (χ0) is 12.3. The van der Waals surface area contributed by atoms with Crippen LogP contribution in [-0.2, 0) is 19.0 Å². The summed E-state index contributed by atoms with van der Waals surface area (Å²) in [6.07, 6.45) is 0.0670. The van der Waals surface area contributed by atoms with E-state index in [-0.39, 0.29) is 12.5 Å². The fraction of sp³-hybridized carbons (Fsp3) is 0.800. The highest BCUT2D eigenvalue weighted by Crippen LogP contribution is 2.30. The molecule has 0 aromatic heterocycles. The maximum atomic E-state index is 11.8. The maximum Gasteiger partial charge on any atom is 0.407 e. The molecule has 1 N–H and O–H groups in total. The van der Waals surface area contributed by atoms with E-state index in [1.54, 1.807) is 4.90 Å². The topological polar surface area (TPSA) is 77.1 Å². The van der Waals surface area contributed by atoms with Crippen LogP contribution in [0.5, 0.6) is 0 Å². The van der Waals surface area contributed by atoms with Gasteiger partial charge in [-0.15, -0.1) is 0 Å². The number of nitrogens with one attached hydrogen (secondary N) is 1. The summed E-state index contributed by atoms with van der Waals surface area (Å²) in [7, 11) is 1.25. The number of nitrogens with zero attached hydrogens (tertiary/aromatic N) is 1. The van der Waals surface area contributed by atoms with Crippen LogP contribution in [0, 0.1) is 0 Å². The van der Waals surface area contributed by atoms with Crippen molar-refractivity contribution in [2.24, 2.45) is 0 Å². The van der Waals surface area contributed by atoms with Crippen molar-refractivity contribution in [2.75, 3.05) is 40.0 Å². The highest BCUT2D eigenvalue weighted by molar-refractivity contribution is 5.82. The summed E-state index contributed by atoms with van der Waals surface area (Å²) < 4.78 is 15.4. The summed E-state index contributed by atoms with van der Waals surface area (Å²) in [5.74, 6) is -0.771. The molecule has 2 rings (SSSR count). The molecule has 2 fully saturated rings. The predicted octanol–water partition coefficient (Wildman–Crippen LogP) is -0.682. The Balaban J connectivity index is 1.79. The minimum absolute atomic E-state index is 0.0667. The summed E-state index contributed by atoms with van der Waals surface area (Å²) in [6, 6.07) is 0. The molecule has 0 saturated carbocycles. The van der Waals surface area contributed by atoms with Crippen molar-refractivity contribution in [3.63, 3.8) is 0 Å². The summed E-state index contributed by atoms with van der Waals surface area (Å²) >= 11 is 0. The highest BCUT2D eigenvalue weighted by Gasteiger charge is 2.44. The Kier molecular flexibility index (Phi) is 3.49. The van der Waals surface area contributed by atoms with Crippen molar-refractivity contribution in [3.05, 3.63) is 0 Å². The van der Waals surface area contributed by atoms with Crippen molar-refractivity contribution in [1.82, 2.24) is 10.2 Å². The molecule has 0 radical (unpaired) electrons. The number of carbonyl (C=O) groups excluding carboxylic acids is 2. The normalized spacial score (nSPS) is 21.8. The molecule has 1 spiro atoms. The van der Waals surface area contributed by atoms with Gasteiger partial charge in [-0.2, -0.15) is 0 Å². The van der Waals surface area contributed by atoms with E-state index in [1.165, 1.54) is 7.11 Å². The van der Waals surface area contributed by atoms with Gasteiger partial charge in [-0.3, -0.25) is 4.79 Å². The largest absolute Gasteiger partial charge is 0.453 e. The fourth-order valence-electron chi connectivity index (χ4n) is 2.03. The van der Waals surface area contributed by atoms with E-state index in [0.29, 0.717) is 32.7 Å². The minimum Gasteiger partial charge on any atom is -0.453 e. The monoisotopic (exact) mass is 244 g/mol. The number of alkyl carbamates (subject to hydrolysis) is 1. The van der Waals surface area contributed by atoms with Crippen molar-refractivity contribution >= 4 is 12.0 Å². The molecule has 2 aliphatic heterocycles. The number of hydrogen-bond donors (Lipinski definition) is 1. The van der Waals surface area contributed by atoms with Crippen LogP contribution in [0.4, 0.5) is 4.79 Å². The molecule has 0 atom stereocenters. The molecule has 96 valence electrons. The van der Waals surface area contributed by atoms with Crippen molar-refractivity contribution < 1.29 is 23.8 Å². The molecule has 0 aromatic rings. The first-order chi connectivity index (χ1) is 8.15. The van der Waals surface area contributed by atoms with Crippen molar-refractivity contribution in [3.8, 4) is 0 Å². The SMILES string of the molecule is COC(=O)NCC(=O)N1CCC2(C1)OCCO2. The minimum atomic E-state index is -0.611. The number of ether oxygens (including phenoxy) is 3. The van der Waals surface area contributed by atoms with Gasteiger partial charge in [0.05, 0.1) is 26.9 Å². The van der Waals surface area contributed by atoms with E-state index in [1.807, 2.05) is 0 Å². The first-order valence-electron chi connectivity index (χ1n) is 5.53. The Hall–Kier alpha value is -1.34. The van der Waals surface area contributed by atoms with Crippen LogP contribution in [0.2, 0.25) is 0 Å². The van der Waals surface area contributed by atoms with Gasteiger partial charge in [0.15, 0.2) is 5.79 Å². The first kappa shape index (κ1) is 12.1. The Bertz CT molecular complexity index is 314. The molecular weight excluding hydrogens is 228 g/mol. The van der Waals surface area contributed by atoms with Crippen LogP contribution in [0.1, 0.15) is 6.42 Å². The maximum absolute atomic E-state index is 11.8. The number of rotatable bonds is 2. The summed E-state index contributed by atoms with van der Waals surface area (Å²) in [5.41, 5.74) is 0. The van der Waals surface area contributed by atoms with Gasteiger partial charge >= 0.3 is 6.09 Å². The zero-order valence-electron chi connectivity index (χ0n) is 9.73. The Morgan fingerprint density at radius 1 is 1.41 bits per heavy atom. The van der Waals surface area contributed by atoms with E-state index in [0.717, 1.165) is 0 Å². The zero-order valence-corrected chi connectivity index (χ0v) is 9.73. The van der Waals surface area contributed by atoms with E-state index in [4.69, 9.17) is 9.47 Å². The predicted molar refractivity (Wildman–Crippen MR) is 56.2 cm³/mol. The van der Waals surface area contributed by atoms with Crippen LogP contribution in [-0.4, -0.2) is 62.6 Å². The van der Waals surface area contributed by atoms with E-state index in [2.05, 4.69) is 10.1 Å².